The molecule has 8 heteroatoms. The molecule has 0 aromatic rings. The van der Waals surface area contributed by atoms with Crippen LogP contribution in [-0.4, -0.2) is 70.0 Å². The van der Waals surface area contributed by atoms with Gasteiger partial charge in [0, 0.05) is 37.7 Å². The molecule has 0 unspecified atom stereocenters. The van der Waals surface area contributed by atoms with Crippen LogP contribution in [0.4, 0.5) is 0 Å². The number of fused-ring (bicyclic) bond motifs is 5. The molecule has 4 fully saturated rings. The van der Waals surface area contributed by atoms with Gasteiger partial charge in [0.25, 0.3) is 0 Å². The van der Waals surface area contributed by atoms with Gasteiger partial charge < -0.3 is 29.5 Å². The highest BCUT2D eigenvalue weighted by Crippen LogP contribution is 2.74. The third-order valence-electron chi connectivity index (χ3n) is 13.1. The van der Waals surface area contributed by atoms with E-state index in [9.17, 15) is 24.9 Å². The van der Waals surface area contributed by atoms with Gasteiger partial charge >= 0.3 is 11.9 Å². The van der Waals surface area contributed by atoms with Crippen molar-refractivity contribution >= 4 is 11.9 Å². The summed E-state index contributed by atoms with van der Waals surface area (Å²) in [6, 6.07) is 0. The van der Waals surface area contributed by atoms with Gasteiger partial charge in [-0.3, -0.25) is 9.59 Å². The van der Waals surface area contributed by atoms with Crippen molar-refractivity contribution in [1.82, 2.24) is 0 Å². The summed E-state index contributed by atoms with van der Waals surface area (Å²) in [6.45, 7) is 17.8. The number of carbonyl (C=O) groups is 2. The van der Waals surface area contributed by atoms with E-state index in [0.717, 1.165) is 19.3 Å². The number of ether oxygens (including phenoxy) is 3. The molecule has 1 heterocycles. The van der Waals surface area contributed by atoms with Crippen LogP contribution < -0.4 is 0 Å². The highest BCUT2D eigenvalue weighted by molar-refractivity contribution is 5.67. The summed E-state index contributed by atoms with van der Waals surface area (Å²) in [5, 5.41) is 32.9. The summed E-state index contributed by atoms with van der Waals surface area (Å²) in [6.07, 6.45) is 3.91. The Morgan fingerprint density at radius 3 is 2.14 bits per heavy atom. The number of hydrogen-bond donors (Lipinski definition) is 3. The molecule has 0 amide bonds. The second-order valence-electron chi connectivity index (χ2n) is 16.1. The summed E-state index contributed by atoms with van der Waals surface area (Å²) in [5.74, 6) is -0.630. The first kappa shape index (κ1) is 31.9. The van der Waals surface area contributed by atoms with Gasteiger partial charge in [0.2, 0.25) is 0 Å². The lowest BCUT2D eigenvalue weighted by Crippen LogP contribution is -2.70. The van der Waals surface area contributed by atoms with E-state index >= 15 is 0 Å². The zero-order chi connectivity index (χ0) is 31.2. The van der Waals surface area contributed by atoms with E-state index in [4.69, 9.17) is 14.2 Å². The third-order valence-corrected chi connectivity index (χ3v) is 13.1. The van der Waals surface area contributed by atoms with E-state index in [1.807, 2.05) is 13.8 Å². The molecule has 12 atom stereocenters. The monoisotopic (exact) mass is 590 g/mol. The lowest BCUT2D eigenvalue weighted by atomic mass is 9.36. The Kier molecular flexibility index (Phi) is 7.82. The van der Waals surface area contributed by atoms with E-state index < -0.39 is 40.7 Å². The van der Waals surface area contributed by atoms with Crippen LogP contribution in [0.2, 0.25) is 0 Å². The van der Waals surface area contributed by atoms with Crippen LogP contribution in [0, 0.1) is 45.3 Å². The fraction of sp³-hybridized carbons (Fsp3) is 0.882. The lowest BCUT2D eigenvalue weighted by molar-refractivity contribution is -0.259. The Balaban J connectivity index is 1.54. The quantitative estimate of drug-likeness (QED) is 0.224. The smallest absolute Gasteiger partial charge is 0.302 e. The van der Waals surface area contributed by atoms with E-state index in [1.54, 1.807) is 0 Å². The van der Waals surface area contributed by atoms with Crippen molar-refractivity contribution in [3.63, 3.8) is 0 Å². The number of aliphatic hydroxyl groups excluding tert-OH is 3. The molecule has 0 spiro atoms. The Bertz CT molecular complexity index is 1130. The molecule has 4 aliphatic carbocycles. The second-order valence-corrected chi connectivity index (χ2v) is 16.1. The maximum Gasteiger partial charge on any atom is 0.302 e. The van der Waals surface area contributed by atoms with Crippen LogP contribution in [0.3, 0.4) is 0 Å². The molecule has 238 valence electrons. The predicted octanol–water partition coefficient (Wildman–Crippen LogP) is 4.57. The number of esters is 2. The molecule has 3 saturated carbocycles. The van der Waals surface area contributed by atoms with Crippen molar-refractivity contribution in [3.05, 3.63) is 11.6 Å². The number of allylic oxidation sites excluding steroid dienone is 1. The topological polar surface area (TPSA) is 126 Å². The summed E-state index contributed by atoms with van der Waals surface area (Å²) < 4.78 is 18.0. The molecule has 1 saturated heterocycles. The molecule has 0 radical (unpaired) electrons. The van der Waals surface area contributed by atoms with Crippen molar-refractivity contribution in [1.29, 1.82) is 0 Å². The Hall–Kier alpha value is -1.48. The number of rotatable bonds is 7. The molecule has 5 rings (SSSR count). The van der Waals surface area contributed by atoms with Gasteiger partial charge in [-0.15, -0.1) is 0 Å². The van der Waals surface area contributed by atoms with Gasteiger partial charge in [-0.25, -0.2) is 0 Å². The van der Waals surface area contributed by atoms with Gasteiger partial charge in [0.1, 0.15) is 18.3 Å². The summed E-state index contributed by atoms with van der Waals surface area (Å²) in [5.41, 5.74) is -0.741. The van der Waals surface area contributed by atoms with E-state index in [2.05, 4.69) is 40.7 Å². The van der Waals surface area contributed by atoms with Crippen molar-refractivity contribution in [3.8, 4) is 0 Å². The minimum absolute atomic E-state index is 0.0144. The zero-order valence-corrected chi connectivity index (χ0v) is 27.1. The number of carbonyl (C=O) groups excluding carboxylic acids is 2. The van der Waals surface area contributed by atoms with Crippen LogP contribution in [0.15, 0.2) is 11.6 Å². The van der Waals surface area contributed by atoms with Crippen molar-refractivity contribution < 1.29 is 39.1 Å². The largest absolute Gasteiger partial charge is 0.462 e. The Labute approximate surface area is 251 Å². The highest BCUT2D eigenvalue weighted by atomic mass is 16.6. The van der Waals surface area contributed by atoms with E-state index in [-0.39, 0.29) is 59.3 Å². The van der Waals surface area contributed by atoms with Gasteiger partial charge in [-0.1, -0.05) is 46.3 Å². The van der Waals surface area contributed by atoms with Crippen LogP contribution in [0.5, 0.6) is 0 Å². The van der Waals surface area contributed by atoms with Gasteiger partial charge in [0.05, 0.1) is 17.8 Å². The van der Waals surface area contributed by atoms with Crippen LogP contribution in [-0.2, 0) is 23.8 Å². The Morgan fingerprint density at radius 1 is 1.00 bits per heavy atom. The molecule has 1 aliphatic heterocycles. The lowest BCUT2D eigenvalue weighted by Gasteiger charge is -2.70. The Morgan fingerprint density at radius 2 is 1.60 bits per heavy atom. The number of aliphatic hydroxyl groups is 3. The normalized spacial score (nSPS) is 46.3. The molecular formula is C34H54O8. The molecule has 0 bridgehead atoms. The standard InChI is InChI=1S/C34H54O8/c1-18(36)40-27-15-25-30(3,4)26(39)16-28(41-19(2)37)34(25,9)24-12-13-32(7)21(10-11-23(32)33(24,27)8)20(17-35)14-22(38)29-31(5,6)42-29/h11,20-22,24-29,35,38-39H,10,12-17H2,1-9H3/t20-,21+,22-,24+,25-,26+,27+,28-,29+,32-,33-,34+/m0/s1. The minimum Gasteiger partial charge on any atom is -0.462 e. The van der Waals surface area contributed by atoms with Crippen LogP contribution >= 0.6 is 0 Å². The zero-order valence-electron chi connectivity index (χ0n) is 27.1. The first-order valence-electron chi connectivity index (χ1n) is 16.0. The fourth-order valence-corrected chi connectivity index (χ4v) is 11.0. The average molecular weight is 591 g/mol. The average Bonchev–Trinajstić information content (AvgIpc) is 3.37. The second kappa shape index (κ2) is 10.3. The van der Waals surface area contributed by atoms with E-state index in [1.165, 1.54) is 19.4 Å². The molecule has 3 N–H and O–H groups in total. The molecule has 42 heavy (non-hydrogen) atoms. The molecular weight excluding hydrogens is 536 g/mol. The van der Waals surface area contributed by atoms with Crippen LogP contribution in [0.1, 0.15) is 101 Å². The number of hydrogen-bond acceptors (Lipinski definition) is 8. The highest BCUT2D eigenvalue weighted by Gasteiger charge is 2.72. The van der Waals surface area contributed by atoms with Gasteiger partial charge in [0.15, 0.2) is 0 Å². The maximum atomic E-state index is 12.6. The SMILES string of the molecule is CC(=O)O[C@H]1C[C@@H](O)C(C)(C)[C@@H]2C[C@@H](OC(C)=O)[C@@]3(C)C4=CC[C@H]([C@H](CO)C[C@H](O)[C@H]5OC5(C)C)[C@]4(C)CC[C@H]3[C@@]12C. The van der Waals surface area contributed by atoms with Crippen molar-refractivity contribution in [2.75, 3.05) is 6.61 Å². The predicted molar refractivity (Wildman–Crippen MR) is 157 cm³/mol. The summed E-state index contributed by atoms with van der Waals surface area (Å²) in [7, 11) is 0. The van der Waals surface area contributed by atoms with Gasteiger partial charge in [-0.05, 0) is 80.5 Å². The van der Waals surface area contributed by atoms with Crippen molar-refractivity contribution in [2.24, 2.45) is 45.3 Å². The minimum atomic E-state index is -0.650. The van der Waals surface area contributed by atoms with Gasteiger partial charge in [-0.2, -0.15) is 0 Å². The summed E-state index contributed by atoms with van der Waals surface area (Å²) in [4.78, 5) is 25.0. The first-order valence-corrected chi connectivity index (χ1v) is 16.0. The molecule has 0 aromatic heterocycles. The fourth-order valence-electron chi connectivity index (χ4n) is 11.0. The number of epoxide rings is 1. The molecule has 5 aliphatic rings. The summed E-state index contributed by atoms with van der Waals surface area (Å²) >= 11 is 0. The van der Waals surface area contributed by atoms with E-state index in [0.29, 0.717) is 19.3 Å². The maximum absolute atomic E-state index is 12.6. The van der Waals surface area contributed by atoms with Crippen molar-refractivity contribution in [2.45, 2.75) is 137 Å². The third kappa shape index (κ3) is 4.60. The molecule has 8 nitrogen and oxygen atoms in total. The first-order chi connectivity index (χ1) is 19.3. The molecule has 0 aromatic carbocycles. The van der Waals surface area contributed by atoms with Crippen LogP contribution in [0.25, 0.3) is 0 Å².